The highest BCUT2D eigenvalue weighted by Gasteiger charge is 2.23. The van der Waals surface area contributed by atoms with Gasteiger partial charge in [0.15, 0.2) is 0 Å². The molecule has 1 aromatic rings. The van der Waals surface area contributed by atoms with E-state index in [0.29, 0.717) is 11.0 Å². The van der Waals surface area contributed by atoms with Gasteiger partial charge in [-0.15, -0.1) is 0 Å². The van der Waals surface area contributed by atoms with Crippen LogP contribution in [-0.4, -0.2) is 22.8 Å². The second-order valence-electron chi connectivity index (χ2n) is 3.52. The Balaban J connectivity index is 2.51. The maximum absolute atomic E-state index is 9.02. The molecular weight excluding hydrogens is 210 g/mol. The number of hydrogen-bond acceptors (Lipinski definition) is 5. The van der Waals surface area contributed by atoms with Crippen LogP contribution in [0.25, 0.3) is 0 Å². The number of aromatic nitrogens is 1. The van der Waals surface area contributed by atoms with Crippen molar-refractivity contribution in [2.24, 2.45) is 0 Å². The Morgan fingerprint density at radius 3 is 2.93 bits per heavy atom. The molecule has 0 aliphatic carbocycles. The number of hydrogen-bond donors (Lipinski definition) is 1. The second-order valence-corrected chi connectivity index (χ2v) is 4.44. The lowest BCUT2D eigenvalue weighted by Gasteiger charge is -2.20. The van der Waals surface area contributed by atoms with Gasteiger partial charge in [0.2, 0.25) is 0 Å². The van der Waals surface area contributed by atoms with Gasteiger partial charge in [-0.3, -0.25) is 5.32 Å². The molecule has 0 saturated heterocycles. The van der Waals surface area contributed by atoms with E-state index in [1.807, 2.05) is 20.8 Å². The molecule has 1 aromatic heterocycles. The predicted octanol–water partition coefficient (Wildman–Crippen LogP) is 1.97. The van der Waals surface area contributed by atoms with Crippen LogP contribution in [0.1, 0.15) is 19.5 Å². The van der Waals surface area contributed by atoms with Crippen molar-refractivity contribution in [3.63, 3.8) is 0 Å². The van der Waals surface area contributed by atoms with Crippen LogP contribution < -0.4 is 5.32 Å². The lowest BCUT2D eigenvalue weighted by Crippen LogP contribution is -2.43. The Morgan fingerprint density at radius 1 is 1.73 bits per heavy atom. The Kier molecular flexibility index (Phi) is 4.18. The number of rotatable bonds is 5. The summed E-state index contributed by atoms with van der Waals surface area (Å²) in [6.07, 6.45) is 1.61. The van der Waals surface area contributed by atoms with E-state index in [-0.39, 0.29) is 0 Å². The van der Waals surface area contributed by atoms with E-state index in [2.05, 4.69) is 16.4 Å². The van der Waals surface area contributed by atoms with E-state index in [9.17, 15) is 0 Å². The third kappa shape index (κ3) is 3.57. The molecule has 1 rings (SSSR count). The van der Waals surface area contributed by atoms with Gasteiger partial charge >= 0.3 is 0 Å². The maximum Gasteiger partial charge on any atom is 0.255 e. The van der Waals surface area contributed by atoms with Gasteiger partial charge in [-0.1, -0.05) is 18.7 Å². The monoisotopic (exact) mass is 225 g/mol. The van der Waals surface area contributed by atoms with Crippen LogP contribution in [-0.2, 0) is 0 Å². The fourth-order valence-electron chi connectivity index (χ4n) is 1.12. The van der Waals surface area contributed by atoms with E-state index in [1.165, 1.54) is 11.8 Å². The summed E-state index contributed by atoms with van der Waals surface area (Å²) in [5.74, 6) is 0.622. The average molecular weight is 225 g/mol. The van der Waals surface area contributed by atoms with E-state index >= 15 is 0 Å². The molecule has 0 spiro atoms. The minimum absolute atomic E-state index is 0.526. The summed E-state index contributed by atoms with van der Waals surface area (Å²) in [4.78, 5) is 4.17. The summed E-state index contributed by atoms with van der Waals surface area (Å²) in [6, 6.07) is 2.26. The Labute approximate surface area is 94.1 Å². The lowest BCUT2D eigenvalue weighted by molar-refractivity contribution is 0.450. The molecule has 0 aromatic carbocycles. The van der Waals surface area contributed by atoms with Gasteiger partial charge in [-0.05, 0) is 20.4 Å². The molecule has 4 nitrogen and oxygen atoms in total. The van der Waals surface area contributed by atoms with Crippen molar-refractivity contribution in [1.29, 1.82) is 5.26 Å². The van der Waals surface area contributed by atoms with Crippen LogP contribution in [0.5, 0.6) is 0 Å². The molecule has 0 radical (unpaired) electrons. The van der Waals surface area contributed by atoms with Crippen LogP contribution >= 0.6 is 11.8 Å². The number of thioether (sulfide) groups is 1. The number of oxazole rings is 1. The molecule has 5 heteroatoms. The maximum atomic E-state index is 9.02. The van der Waals surface area contributed by atoms with Gasteiger partial charge < -0.3 is 4.42 Å². The SMILES string of the molecule is CCNC(C)(C#N)CSc1nc(C)co1. The van der Waals surface area contributed by atoms with Gasteiger partial charge in [0.25, 0.3) is 5.22 Å². The number of nitrogens with zero attached hydrogens (tertiary/aromatic N) is 2. The van der Waals surface area contributed by atoms with Gasteiger partial charge in [0.1, 0.15) is 11.8 Å². The van der Waals surface area contributed by atoms with Crippen molar-refractivity contribution >= 4 is 11.8 Å². The van der Waals surface area contributed by atoms with Gasteiger partial charge in [-0.25, -0.2) is 4.98 Å². The highest BCUT2D eigenvalue weighted by Crippen LogP contribution is 2.21. The lowest BCUT2D eigenvalue weighted by atomic mass is 10.1. The molecule has 1 atom stereocenters. The second kappa shape index (κ2) is 5.19. The molecule has 0 aliphatic rings. The van der Waals surface area contributed by atoms with Gasteiger partial charge in [-0.2, -0.15) is 5.26 Å². The molecule has 82 valence electrons. The smallest absolute Gasteiger partial charge is 0.255 e. The number of nitriles is 1. The fourth-order valence-corrected chi connectivity index (χ4v) is 2.02. The van der Waals surface area contributed by atoms with Crippen LogP contribution in [0, 0.1) is 18.3 Å². The third-order valence-electron chi connectivity index (χ3n) is 1.90. The molecule has 0 amide bonds. The van der Waals surface area contributed by atoms with Crippen molar-refractivity contribution in [1.82, 2.24) is 10.3 Å². The van der Waals surface area contributed by atoms with Crippen molar-refractivity contribution in [2.45, 2.75) is 31.5 Å². The van der Waals surface area contributed by atoms with Crippen LogP contribution in [0.3, 0.4) is 0 Å². The van der Waals surface area contributed by atoms with Crippen molar-refractivity contribution in [2.75, 3.05) is 12.3 Å². The molecule has 1 heterocycles. The Hall–Kier alpha value is -0.990. The fraction of sp³-hybridized carbons (Fsp3) is 0.600. The van der Waals surface area contributed by atoms with Crippen LogP contribution in [0.15, 0.2) is 15.9 Å². The average Bonchev–Trinajstić information content (AvgIpc) is 2.62. The summed E-state index contributed by atoms with van der Waals surface area (Å²) in [5, 5.41) is 12.8. The third-order valence-corrected chi connectivity index (χ3v) is 3.05. The molecule has 0 saturated carbocycles. The molecule has 0 fully saturated rings. The summed E-state index contributed by atoms with van der Waals surface area (Å²) in [6.45, 7) is 6.51. The highest BCUT2D eigenvalue weighted by atomic mass is 32.2. The first-order chi connectivity index (χ1) is 7.09. The Morgan fingerprint density at radius 2 is 2.47 bits per heavy atom. The first kappa shape index (κ1) is 12.1. The summed E-state index contributed by atoms with van der Waals surface area (Å²) < 4.78 is 5.20. The summed E-state index contributed by atoms with van der Waals surface area (Å²) >= 11 is 1.45. The number of aryl methyl sites for hydroxylation is 1. The largest absolute Gasteiger partial charge is 0.440 e. The quantitative estimate of drug-likeness (QED) is 0.776. The zero-order valence-corrected chi connectivity index (χ0v) is 10.0. The zero-order chi connectivity index (χ0) is 11.3. The van der Waals surface area contributed by atoms with E-state index in [4.69, 9.17) is 9.68 Å². The van der Waals surface area contributed by atoms with Gasteiger partial charge in [0.05, 0.1) is 11.8 Å². The molecular formula is C10H15N3OS. The van der Waals surface area contributed by atoms with Crippen molar-refractivity contribution in [3.8, 4) is 6.07 Å². The van der Waals surface area contributed by atoms with Gasteiger partial charge in [0, 0.05) is 5.75 Å². The minimum atomic E-state index is -0.526. The first-order valence-electron chi connectivity index (χ1n) is 4.81. The van der Waals surface area contributed by atoms with E-state index in [1.54, 1.807) is 6.26 Å². The normalized spacial score (nSPS) is 14.5. The summed E-state index contributed by atoms with van der Waals surface area (Å²) in [7, 11) is 0. The molecule has 0 bridgehead atoms. The topological polar surface area (TPSA) is 61.9 Å². The zero-order valence-electron chi connectivity index (χ0n) is 9.20. The molecule has 1 N–H and O–H groups in total. The van der Waals surface area contributed by atoms with Crippen molar-refractivity contribution < 1.29 is 4.42 Å². The minimum Gasteiger partial charge on any atom is -0.440 e. The molecule has 1 unspecified atom stereocenters. The van der Waals surface area contributed by atoms with E-state index < -0.39 is 5.54 Å². The standard InChI is InChI=1S/C10H15N3OS/c1-4-12-10(3,6-11)7-15-9-13-8(2)5-14-9/h5,12H,4,7H2,1-3H3. The predicted molar refractivity (Wildman–Crippen MR) is 59.7 cm³/mol. The van der Waals surface area contributed by atoms with E-state index in [0.717, 1.165) is 12.2 Å². The molecule has 0 aliphatic heterocycles. The summed E-state index contributed by atoms with van der Waals surface area (Å²) in [5.41, 5.74) is 0.335. The molecule has 15 heavy (non-hydrogen) atoms. The van der Waals surface area contributed by atoms with Crippen molar-refractivity contribution in [3.05, 3.63) is 12.0 Å². The van der Waals surface area contributed by atoms with Crippen LogP contribution in [0.2, 0.25) is 0 Å². The van der Waals surface area contributed by atoms with Crippen LogP contribution in [0.4, 0.5) is 0 Å². The highest BCUT2D eigenvalue weighted by molar-refractivity contribution is 7.99. The Bertz CT molecular complexity index is 358. The number of nitrogens with one attached hydrogen (secondary N) is 1. The first-order valence-corrected chi connectivity index (χ1v) is 5.79.